The number of sulfonamides is 1. The van der Waals surface area contributed by atoms with Crippen LogP contribution in [0, 0.1) is 6.92 Å². The molecular formula is C12H13ClN2O2S2. The Bertz CT molecular complexity index is 696. The Morgan fingerprint density at radius 3 is 2.63 bits per heavy atom. The van der Waals surface area contributed by atoms with E-state index in [0.717, 1.165) is 9.21 Å². The minimum atomic E-state index is -3.69. The van der Waals surface area contributed by atoms with Gasteiger partial charge in [0.05, 0.1) is 9.23 Å². The molecule has 3 N–H and O–H groups in total. The van der Waals surface area contributed by atoms with E-state index >= 15 is 0 Å². The van der Waals surface area contributed by atoms with Crippen molar-refractivity contribution < 1.29 is 8.42 Å². The number of thiophene rings is 1. The quantitative estimate of drug-likeness (QED) is 0.911. The summed E-state index contributed by atoms with van der Waals surface area (Å²) in [7, 11) is -3.69. The molecule has 0 unspecified atom stereocenters. The second-order valence-corrected chi connectivity index (χ2v) is 7.41. The van der Waals surface area contributed by atoms with Gasteiger partial charge in [-0.05, 0) is 36.8 Å². The molecule has 0 aliphatic carbocycles. The molecule has 0 bridgehead atoms. The molecule has 0 amide bonds. The zero-order valence-corrected chi connectivity index (χ0v) is 12.6. The van der Waals surface area contributed by atoms with Gasteiger partial charge in [-0.25, -0.2) is 13.6 Å². The van der Waals surface area contributed by atoms with Gasteiger partial charge in [-0.15, -0.1) is 11.3 Å². The predicted molar refractivity (Wildman–Crippen MR) is 79.2 cm³/mol. The highest BCUT2D eigenvalue weighted by Gasteiger charge is 2.12. The van der Waals surface area contributed by atoms with Gasteiger partial charge in [-0.2, -0.15) is 0 Å². The average molecular weight is 317 g/mol. The van der Waals surface area contributed by atoms with Crippen molar-refractivity contribution in [1.82, 2.24) is 0 Å². The zero-order valence-electron chi connectivity index (χ0n) is 10.2. The lowest BCUT2D eigenvalue weighted by Crippen LogP contribution is -2.14. The molecule has 1 aromatic heterocycles. The van der Waals surface area contributed by atoms with Crippen molar-refractivity contribution in [2.45, 2.75) is 18.4 Å². The Morgan fingerprint density at radius 2 is 2.05 bits per heavy atom. The smallest absolute Gasteiger partial charge is 0.238 e. The van der Waals surface area contributed by atoms with E-state index in [0.29, 0.717) is 17.8 Å². The first-order valence-corrected chi connectivity index (χ1v) is 8.22. The van der Waals surface area contributed by atoms with Crippen molar-refractivity contribution >= 4 is 38.6 Å². The number of aryl methyl sites for hydroxylation is 1. The van der Waals surface area contributed by atoms with E-state index in [1.165, 1.54) is 11.3 Å². The second kappa shape index (κ2) is 5.50. The van der Waals surface area contributed by atoms with Gasteiger partial charge < -0.3 is 5.32 Å². The summed E-state index contributed by atoms with van der Waals surface area (Å²) in [4.78, 5) is 1.21. The van der Waals surface area contributed by atoms with Crippen molar-refractivity contribution in [3.63, 3.8) is 0 Å². The SMILES string of the molecule is Cc1ccc(NCc2ccc(Cl)s2)cc1S(N)(=O)=O. The lowest BCUT2D eigenvalue weighted by Gasteiger charge is -2.09. The monoisotopic (exact) mass is 316 g/mol. The van der Waals surface area contributed by atoms with Gasteiger partial charge in [-0.3, -0.25) is 0 Å². The summed E-state index contributed by atoms with van der Waals surface area (Å²) in [6, 6.07) is 8.84. The molecule has 19 heavy (non-hydrogen) atoms. The first-order valence-electron chi connectivity index (χ1n) is 5.48. The summed E-state index contributed by atoms with van der Waals surface area (Å²) in [6.07, 6.45) is 0. The fraction of sp³-hybridized carbons (Fsp3) is 0.167. The maximum atomic E-state index is 11.4. The first kappa shape index (κ1) is 14.3. The molecule has 0 saturated heterocycles. The van der Waals surface area contributed by atoms with Crippen molar-refractivity contribution in [3.05, 3.63) is 45.1 Å². The number of nitrogens with one attached hydrogen (secondary N) is 1. The number of halogens is 1. The normalized spacial score (nSPS) is 11.5. The molecular weight excluding hydrogens is 304 g/mol. The van der Waals surface area contributed by atoms with Crippen LogP contribution >= 0.6 is 22.9 Å². The number of anilines is 1. The summed E-state index contributed by atoms with van der Waals surface area (Å²) in [5.41, 5.74) is 1.34. The number of nitrogens with two attached hydrogens (primary N) is 1. The minimum Gasteiger partial charge on any atom is -0.380 e. The summed E-state index contributed by atoms with van der Waals surface area (Å²) < 4.78 is 23.6. The Hall–Kier alpha value is -1.08. The van der Waals surface area contributed by atoms with Gasteiger partial charge in [0.25, 0.3) is 0 Å². The van der Waals surface area contributed by atoms with E-state index in [4.69, 9.17) is 16.7 Å². The molecule has 102 valence electrons. The lowest BCUT2D eigenvalue weighted by atomic mass is 10.2. The minimum absolute atomic E-state index is 0.140. The van der Waals surface area contributed by atoms with Crippen LogP contribution in [-0.2, 0) is 16.6 Å². The van der Waals surface area contributed by atoms with Gasteiger partial charge in [-0.1, -0.05) is 17.7 Å². The molecule has 0 radical (unpaired) electrons. The number of primary sulfonamides is 1. The van der Waals surface area contributed by atoms with Crippen LogP contribution in [0.25, 0.3) is 0 Å². The number of rotatable bonds is 4. The van der Waals surface area contributed by atoms with Crippen LogP contribution in [0.3, 0.4) is 0 Å². The van der Waals surface area contributed by atoms with E-state index in [1.54, 1.807) is 19.1 Å². The van der Waals surface area contributed by atoms with Crippen LogP contribution < -0.4 is 10.5 Å². The molecule has 1 aromatic carbocycles. The van der Waals surface area contributed by atoms with Gasteiger partial charge in [0, 0.05) is 17.1 Å². The third kappa shape index (κ3) is 3.70. The molecule has 7 heteroatoms. The van der Waals surface area contributed by atoms with Crippen molar-refractivity contribution in [2.24, 2.45) is 5.14 Å². The molecule has 1 heterocycles. The van der Waals surface area contributed by atoms with Crippen LogP contribution in [0.5, 0.6) is 0 Å². The molecule has 0 fully saturated rings. The highest BCUT2D eigenvalue weighted by molar-refractivity contribution is 7.89. The summed E-state index contributed by atoms with van der Waals surface area (Å²) >= 11 is 7.32. The molecule has 4 nitrogen and oxygen atoms in total. The van der Waals surface area contributed by atoms with Gasteiger partial charge in [0.2, 0.25) is 10.0 Å². The predicted octanol–water partition coefficient (Wildman–Crippen LogP) is 2.97. The fourth-order valence-corrected chi connectivity index (χ4v) is 3.49. The second-order valence-electron chi connectivity index (χ2n) is 4.08. The maximum Gasteiger partial charge on any atom is 0.238 e. The highest BCUT2D eigenvalue weighted by Crippen LogP contribution is 2.23. The van der Waals surface area contributed by atoms with Gasteiger partial charge in [0.15, 0.2) is 0 Å². The Labute approximate surface area is 121 Å². The van der Waals surface area contributed by atoms with E-state index in [-0.39, 0.29) is 4.90 Å². The molecule has 0 atom stereocenters. The number of benzene rings is 1. The Kier molecular flexibility index (Phi) is 4.15. The number of hydrogen-bond acceptors (Lipinski definition) is 4. The van der Waals surface area contributed by atoms with Crippen LogP contribution in [0.4, 0.5) is 5.69 Å². The van der Waals surface area contributed by atoms with Gasteiger partial charge >= 0.3 is 0 Å². The molecule has 0 aliphatic heterocycles. The summed E-state index contributed by atoms with van der Waals surface area (Å²) in [5.74, 6) is 0. The molecule has 2 rings (SSSR count). The van der Waals surface area contributed by atoms with Crippen molar-refractivity contribution in [3.8, 4) is 0 Å². The Balaban J connectivity index is 2.18. The van der Waals surface area contributed by atoms with E-state index < -0.39 is 10.0 Å². The van der Waals surface area contributed by atoms with Gasteiger partial charge in [0.1, 0.15) is 0 Å². The average Bonchev–Trinajstić information content (AvgIpc) is 2.72. The number of hydrogen-bond donors (Lipinski definition) is 2. The third-order valence-corrected chi connectivity index (χ3v) is 4.87. The van der Waals surface area contributed by atoms with Crippen LogP contribution in [-0.4, -0.2) is 8.42 Å². The summed E-state index contributed by atoms with van der Waals surface area (Å²) in [5, 5.41) is 8.31. The van der Waals surface area contributed by atoms with E-state index in [9.17, 15) is 8.42 Å². The van der Waals surface area contributed by atoms with Crippen LogP contribution in [0.15, 0.2) is 35.2 Å². The van der Waals surface area contributed by atoms with Crippen molar-refractivity contribution in [1.29, 1.82) is 0 Å². The third-order valence-electron chi connectivity index (χ3n) is 2.59. The van der Waals surface area contributed by atoms with Crippen LogP contribution in [0.2, 0.25) is 4.34 Å². The topological polar surface area (TPSA) is 72.2 Å². The first-order chi connectivity index (χ1) is 8.86. The molecule has 0 saturated carbocycles. The highest BCUT2D eigenvalue weighted by atomic mass is 35.5. The fourth-order valence-electron chi connectivity index (χ4n) is 1.65. The van der Waals surface area contributed by atoms with E-state index in [2.05, 4.69) is 5.32 Å². The summed E-state index contributed by atoms with van der Waals surface area (Å²) in [6.45, 7) is 2.30. The molecule has 0 spiro atoms. The largest absolute Gasteiger partial charge is 0.380 e. The molecule has 2 aromatic rings. The Morgan fingerprint density at radius 1 is 1.32 bits per heavy atom. The van der Waals surface area contributed by atoms with Crippen LogP contribution in [0.1, 0.15) is 10.4 Å². The standard InChI is InChI=1S/C12H13ClN2O2S2/c1-8-2-3-9(6-11(8)19(14,16)17)15-7-10-4-5-12(13)18-10/h2-6,15H,7H2,1H3,(H2,14,16,17). The van der Waals surface area contributed by atoms with E-state index in [1.807, 2.05) is 18.2 Å². The van der Waals surface area contributed by atoms with Crippen molar-refractivity contribution in [2.75, 3.05) is 5.32 Å². The lowest BCUT2D eigenvalue weighted by molar-refractivity contribution is 0.597. The maximum absolute atomic E-state index is 11.4. The molecule has 0 aliphatic rings. The zero-order chi connectivity index (χ0) is 14.0.